The van der Waals surface area contributed by atoms with E-state index in [1.54, 1.807) is 12.1 Å². The van der Waals surface area contributed by atoms with E-state index in [-0.39, 0.29) is 33.8 Å². The molecule has 0 saturated carbocycles. The first kappa shape index (κ1) is 24.0. The lowest BCUT2D eigenvalue weighted by Gasteiger charge is -2.14. The predicted molar refractivity (Wildman–Crippen MR) is 110 cm³/mol. The highest BCUT2D eigenvalue weighted by Crippen LogP contribution is 2.33. The minimum absolute atomic E-state index is 0.0669. The van der Waals surface area contributed by atoms with Gasteiger partial charge in [0.2, 0.25) is 9.84 Å². The molecular formula is C18H12Cl2N4O6S. The highest BCUT2D eigenvalue weighted by molar-refractivity contribution is 7.91. The summed E-state index contributed by atoms with van der Waals surface area (Å²) in [5.74, 6) is 0. The summed E-state index contributed by atoms with van der Waals surface area (Å²) >= 11 is 11.6. The summed E-state index contributed by atoms with van der Waals surface area (Å²) in [7, 11) is -4.37. The second-order valence-electron chi connectivity index (χ2n) is 6.20. The molecule has 2 aromatic carbocycles. The first-order valence-corrected chi connectivity index (χ1v) is 10.7. The Bertz CT molecular complexity index is 1150. The SMILES string of the molecule is N#CC(Cl)Cc1cc([N+](=O)[O-])ccc1S(=O)(=O)c1ccc([N+](=O)[O-])cc1CC(Cl)C#N. The summed E-state index contributed by atoms with van der Waals surface area (Å²) in [6.45, 7) is 0. The Morgan fingerprint density at radius 2 is 1.19 bits per heavy atom. The van der Waals surface area contributed by atoms with Crippen molar-refractivity contribution in [1.82, 2.24) is 0 Å². The van der Waals surface area contributed by atoms with E-state index in [2.05, 4.69) is 0 Å². The number of sulfone groups is 1. The lowest BCUT2D eigenvalue weighted by Crippen LogP contribution is -2.13. The third kappa shape index (κ3) is 5.47. The number of hydrogen-bond donors (Lipinski definition) is 0. The minimum atomic E-state index is -4.37. The lowest BCUT2D eigenvalue weighted by molar-refractivity contribution is -0.385. The van der Waals surface area contributed by atoms with E-state index in [4.69, 9.17) is 33.7 Å². The molecule has 13 heteroatoms. The van der Waals surface area contributed by atoms with E-state index in [0.717, 1.165) is 36.4 Å². The molecular weight excluding hydrogens is 471 g/mol. The Hall–Kier alpha value is -3.25. The summed E-state index contributed by atoms with van der Waals surface area (Å²) in [5, 5.41) is 37.8. The average Bonchev–Trinajstić information content (AvgIpc) is 2.72. The number of non-ortho nitro benzene ring substituents is 2. The molecule has 2 aromatic rings. The van der Waals surface area contributed by atoms with Crippen LogP contribution in [-0.2, 0) is 22.7 Å². The Morgan fingerprint density at radius 3 is 1.48 bits per heavy atom. The number of nitro groups is 2. The van der Waals surface area contributed by atoms with E-state index in [1.807, 2.05) is 0 Å². The average molecular weight is 483 g/mol. The molecule has 0 aliphatic heterocycles. The predicted octanol–water partition coefficient (Wildman–Crippen LogP) is 3.68. The van der Waals surface area contributed by atoms with Gasteiger partial charge in [-0.05, 0) is 23.3 Å². The van der Waals surface area contributed by atoms with Gasteiger partial charge >= 0.3 is 0 Å². The Morgan fingerprint density at radius 1 is 0.839 bits per heavy atom. The zero-order valence-electron chi connectivity index (χ0n) is 15.4. The van der Waals surface area contributed by atoms with Crippen molar-refractivity contribution in [3.8, 4) is 12.1 Å². The second-order valence-corrected chi connectivity index (χ2v) is 9.14. The number of nitro benzene ring substituents is 2. The van der Waals surface area contributed by atoms with Crippen molar-refractivity contribution in [2.45, 2.75) is 33.4 Å². The normalized spacial score (nSPS) is 12.9. The number of nitriles is 2. The molecule has 2 rings (SSSR count). The van der Waals surface area contributed by atoms with Crippen LogP contribution in [0.25, 0.3) is 0 Å². The Kier molecular flexibility index (Phi) is 7.52. The largest absolute Gasteiger partial charge is 0.269 e. The Labute approximate surface area is 186 Å². The van der Waals surface area contributed by atoms with Gasteiger partial charge < -0.3 is 0 Å². The van der Waals surface area contributed by atoms with Gasteiger partial charge in [0.1, 0.15) is 10.8 Å². The van der Waals surface area contributed by atoms with E-state index >= 15 is 0 Å². The second kappa shape index (κ2) is 9.71. The van der Waals surface area contributed by atoms with E-state index in [0.29, 0.717) is 0 Å². The first-order chi connectivity index (χ1) is 14.5. The van der Waals surface area contributed by atoms with Crippen LogP contribution in [0.1, 0.15) is 11.1 Å². The lowest BCUT2D eigenvalue weighted by atomic mass is 10.1. The fourth-order valence-electron chi connectivity index (χ4n) is 2.80. The summed E-state index contributed by atoms with van der Waals surface area (Å²) in [5.41, 5.74) is -0.930. The van der Waals surface area contributed by atoms with Gasteiger partial charge in [0.15, 0.2) is 0 Å². The topological polar surface area (TPSA) is 168 Å². The smallest absolute Gasteiger partial charge is 0.258 e. The number of alkyl halides is 2. The molecule has 2 unspecified atom stereocenters. The van der Waals surface area contributed by atoms with Crippen molar-refractivity contribution in [1.29, 1.82) is 10.5 Å². The fraction of sp³-hybridized carbons (Fsp3) is 0.222. The molecule has 31 heavy (non-hydrogen) atoms. The molecule has 0 fully saturated rings. The van der Waals surface area contributed by atoms with Gasteiger partial charge in [-0.15, -0.1) is 23.2 Å². The molecule has 0 N–H and O–H groups in total. The molecule has 0 saturated heterocycles. The fourth-order valence-corrected chi connectivity index (χ4v) is 4.84. The van der Waals surface area contributed by atoms with Crippen LogP contribution in [0, 0.1) is 42.9 Å². The zero-order valence-corrected chi connectivity index (χ0v) is 17.8. The molecule has 0 amide bonds. The maximum Gasteiger partial charge on any atom is 0.269 e. The summed E-state index contributed by atoms with van der Waals surface area (Å²) in [6, 6.07) is 9.43. The van der Waals surface area contributed by atoms with E-state index in [9.17, 15) is 28.6 Å². The molecule has 2 atom stereocenters. The number of nitrogens with zero attached hydrogens (tertiary/aromatic N) is 4. The molecule has 0 radical (unpaired) electrons. The summed E-state index contributed by atoms with van der Waals surface area (Å²) in [4.78, 5) is 20.0. The molecule has 0 aromatic heterocycles. The number of hydrogen-bond acceptors (Lipinski definition) is 8. The highest BCUT2D eigenvalue weighted by Gasteiger charge is 2.28. The van der Waals surface area contributed by atoms with E-state index in [1.165, 1.54) is 0 Å². The van der Waals surface area contributed by atoms with Gasteiger partial charge in [-0.1, -0.05) is 0 Å². The van der Waals surface area contributed by atoms with Gasteiger partial charge in [-0.25, -0.2) is 8.42 Å². The first-order valence-electron chi connectivity index (χ1n) is 8.38. The van der Waals surface area contributed by atoms with Crippen molar-refractivity contribution in [2.75, 3.05) is 0 Å². The van der Waals surface area contributed by atoms with Crippen molar-refractivity contribution in [2.24, 2.45) is 0 Å². The molecule has 0 heterocycles. The maximum absolute atomic E-state index is 13.4. The third-order valence-corrected chi connectivity index (χ3v) is 6.63. The van der Waals surface area contributed by atoms with Gasteiger partial charge in [-0.2, -0.15) is 10.5 Å². The maximum atomic E-state index is 13.4. The minimum Gasteiger partial charge on any atom is -0.258 e. The number of rotatable bonds is 8. The molecule has 0 spiro atoms. The van der Waals surface area contributed by atoms with Gasteiger partial charge in [0.05, 0.1) is 31.8 Å². The van der Waals surface area contributed by atoms with Crippen LogP contribution in [0.4, 0.5) is 11.4 Å². The van der Waals surface area contributed by atoms with Crippen LogP contribution >= 0.6 is 23.2 Å². The zero-order chi connectivity index (χ0) is 23.3. The number of halogens is 2. The van der Waals surface area contributed by atoms with Crippen LogP contribution in [0.5, 0.6) is 0 Å². The van der Waals surface area contributed by atoms with Crippen molar-refractivity contribution >= 4 is 44.4 Å². The molecule has 0 bridgehead atoms. The third-order valence-electron chi connectivity index (χ3n) is 4.17. The quantitative estimate of drug-likeness (QED) is 0.311. The van der Waals surface area contributed by atoms with Gasteiger partial charge in [0, 0.05) is 37.1 Å². The molecule has 160 valence electrons. The van der Waals surface area contributed by atoms with Crippen LogP contribution in [0.3, 0.4) is 0 Å². The highest BCUT2D eigenvalue weighted by atomic mass is 35.5. The molecule has 0 aliphatic carbocycles. The van der Waals surface area contributed by atoms with Gasteiger partial charge in [0.25, 0.3) is 11.4 Å². The molecule has 10 nitrogen and oxygen atoms in total. The van der Waals surface area contributed by atoms with Crippen LogP contribution in [-0.4, -0.2) is 29.0 Å². The monoisotopic (exact) mass is 482 g/mol. The summed E-state index contributed by atoms with van der Waals surface area (Å²) < 4.78 is 26.8. The van der Waals surface area contributed by atoms with Gasteiger partial charge in [-0.3, -0.25) is 20.2 Å². The van der Waals surface area contributed by atoms with Crippen molar-refractivity contribution in [3.05, 3.63) is 67.8 Å². The van der Waals surface area contributed by atoms with Crippen molar-refractivity contribution < 1.29 is 18.3 Å². The van der Waals surface area contributed by atoms with Crippen molar-refractivity contribution in [3.63, 3.8) is 0 Å². The van der Waals surface area contributed by atoms with Crippen LogP contribution < -0.4 is 0 Å². The van der Waals surface area contributed by atoms with E-state index < -0.39 is 41.8 Å². The summed E-state index contributed by atoms with van der Waals surface area (Å²) in [6.07, 6.45) is -0.597. The molecule has 0 aliphatic rings. The number of benzene rings is 2. The Balaban J connectivity index is 2.74. The van der Waals surface area contributed by atoms with Crippen LogP contribution in [0.2, 0.25) is 0 Å². The van der Waals surface area contributed by atoms with Crippen LogP contribution in [0.15, 0.2) is 46.2 Å². The standard InChI is InChI=1S/C18H12Cl2N4O6S/c19-13(9-21)5-11-7-15(23(25)26)1-3-17(11)31(29,30)18-4-2-16(24(27)28)8-12(18)6-14(20)10-22/h1-4,7-8,13-14H,5-6H2.